The summed E-state index contributed by atoms with van der Waals surface area (Å²) in [6.07, 6.45) is 0. The van der Waals surface area contributed by atoms with Crippen molar-refractivity contribution in [2.45, 2.75) is 0 Å². The smallest absolute Gasteiger partial charge is 0.166 e. The molecule has 74 heavy (non-hydrogen) atoms. The fraction of sp³-hybridized carbons (Fsp3) is 0. The van der Waals surface area contributed by atoms with E-state index in [9.17, 15) is 10.5 Å². The minimum Gasteiger partial charge on any atom is -0.306 e. The third kappa shape index (κ3) is 7.36. The highest BCUT2D eigenvalue weighted by Gasteiger charge is 2.34. The SMILES string of the molecule is N#Cc1ccc(N2c3ccccc3N(c3ccccc3)c3ccccc32)c(-c2nc(-c3ccccc3)nc(-c3ccc(-c4ccccc4C#N)cc3N3c4ccccc4N(c4ccccc4)c4ccccc43)n2)c1. The van der Waals surface area contributed by atoms with Gasteiger partial charge in [-0.2, -0.15) is 10.5 Å². The molecule has 0 saturated carbocycles. The Labute approximate surface area is 428 Å². The lowest BCUT2D eigenvalue weighted by molar-refractivity contribution is 1.07. The molecular weight excluding hydrogens is 907 g/mol. The van der Waals surface area contributed by atoms with Gasteiger partial charge in [-0.3, -0.25) is 0 Å². The largest absolute Gasteiger partial charge is 0.306 e. The predicted octanol–water partition coefficient (Wildman–Crippen LogP) is 16.8. The summed E-state index contributed by atoms with van der Waals surface area (Å²) in [5.74, 6) is 1.28. The number of para-hydroxylation sites is 10. The summed E-state index contributed by atoms with van der Waals surface area (Å²) in [4.78, 5) is 25.3. The quantitative estimate of drug-likeness (QED) is 0.147. The monoisotopic (exact) mass is 947 g/mol. The van der Waals surface area contributed by atoms with E-state index < -0.39 is 0 Å². The van der Waals surface area contributed by atoms with Crippen LogP contribution in [0.5, 0.6) is 0 Å². The Bertz CT molecular complexity index is 3940. The average Bonchev–Trinajstić information content (AvgIpc) is 3.48. The van der Waals surface area contributed by atoms with Crippen LogP contribution < -0.4 is 19.6 Å². The standard InChI is InChI=1S/C65H41N9/c66-42-44-36-39-53(73-58-32-16-12-28-54(58)71(48-23-6-2-7-24-48)55-29-13-17-33-59(55)73)52(40-44)65-69-63(45-20-4-1-5-21-45)68-64(70-65)51-38-37-46(50-27-11-10-22-47(50)43-67)41-62(51)74-60-34-18-14-30-56(60)72(49-25-8-3-9-26-49)57-31-15-19-35-61(57)74/h1-41H. The molecule has 9 nitrogen and oxygen atoms in total. The van der Waals surface area contributed by atoms with Gasteiger partial charge in [0.15, 0.2) is 17.5 Å². The van der Waals surface area contributed by atoms with Crippen molar-refractivity contribution in [3.63, 3.8) is 0 Å². The van der Waals surface area contributed by atoms with Gasteiger partial charge in [-0.1, -0.05) is 140 Å². The van der Waals surface area contributed by atoms with Gasteiger partial charge < -0.3 is 19.6 Å². The number of benzene rings is 10. The first-order valence-electron chi connectivity index (χ1n) is 24.3. The summed E-state index contributed by atoms with van der Waals surface area (Å²) in [7, 11) is 0. The van der Waals surface area contributed by atoms with E-state index in [-0.39, 0.29) is 0 Å². The van der Waals surface area contributed by atoms with Gasteiger partial charge in [0.05, 0.1) is 80.1 Å². The number of fused-ring (bicyclic) bond motifs is 4. The fourth-order valence-electron chi connectivity index (χ4n) is 10.3. The highest BCUT2D eigenvalue weighted by molar-refractivity contribution is 6.06. The number of hydrogen-bond acceptors (Lipinski definition) is 9. The topological polar surface area (TPSA) is 99.2 Å². The summed E-state index contributed by atoms with van der Waals surface area (Å²) in [6, 6.07) is 88.8. The second kappa shape index (κ2) is 18.3. The van der Waals surface area contributed by atoms with Gasteiger partial charge in [0.1, 0.15) is 0 Å². The van der Waals surface area contributed by atoms with Gasteiger partial charge in [0, 0.05) is 28.1 Å². The first-order chi connectivity index (χ1) is 36.6. The molecule has 0 fully saturated rings. The van der Waals surface area contributed by atoms with Crippen molar-refractivity contribution in [2.75, 3.05) is 19.6 Å². The molecule has 10 aromatic carbocycles. The Hall–Kier alpha value is -10.6. The third-order valence-corrected chi connectivity index (χ3v) is 13.6. The fourth-order valence-corrected chi connectivity index (χ4v) is 10.3. The zero-order chi connectivity index (χ0) is 49.5. The molecule has 2 aliphatic heterocycles. The van der Waals surface area contributed by atoms with Crippen LogP contribution in [0.25, 0.3) is 45.3 Å². The van der Waals surface area contributed by atoms with E-state index in [4.69, 9.17) is 15.0 Å². The summed E-state index contributed by atoms with van der Waals surface area (Å²) in [5.41, 5.74) is 16.2. The van der Waals surface area contributed by atoms with Gasteiger partial charge in [0.2, 0.25) is 0 Å². The van der Waals surface area contributed by atoms with Crippen LogP contribution in [0.2, 0.25) is 0 Å². The van der Waals surface area contributed by atoms with Crippen molar-refractivity contribution in [2.24, 2.45) is 0 Å². The minimum absolute atomic E-state index is 0.390. The van der Waals surface area contributed by atoms with Gasteiger partial charge in [-0.25, -0.2) is 15.0 Å². The van der Waals surface area contributed by atoms with Crippen molar-refractivity contribution in [3.8, 4) is 57.4 Å². The third-order valence-electron chi connectivity index (χ3n) is 13.6. The molecule has 0 bridgehead atoms. The molecule has 11 aromatic rings. The molecule has 346 valence electrons. The Morgan fingerprint density at radius 3 is 1.19 bits per heavy atom. The second-order valence-electron chi connectivity index (χ2n) is 17.9. The Balaban J connectivity index is 1.07. The predicted molar refractivity (Wildman–Crippen MR) is 297 cm³/mol. The minimum atomic E-state index is 0.390. The van der Waals surface area contributed by atoms with Crippen molar-refractivity contribution < 1.29 is 0 Å². The normalized spacial score (nSPS) is 12.2. The van der Waals surface area contributed by atoms with E-state index >= 15 is 0 Å². The highest BCUT2D eigenvalue weighted by atomic mass is 15.3. The van der Waals surface area contributed by atoms with E-state index in [1.165, 1.54) is 0 Å². The van der Waals surface area contributed by atoms with Crippen LogP contribution in [0.3, 0.4) is 0 Å². The van der Waals surface area contributed by atoms with Crippen LogP contribution in [-0.2, 0) is 0 Å². The lowest BCUT2D eigenvalue weighted by atomic mass is 9.96. The number of nitrogens with zero attached hydrogens (tertiary/aromatic N) is 9. The van der Waals surface area contributed by atoms with Gasteiger partial charge in [0.25, 0.3) is 0 Å². The van der Waals surface area contributed by atoms with Crippen molar-refractivity contribution >= 4 is 68.2 Å². The number of hydrogen-bond donors (Lipinski definition) is 0. The number of aromatic nitrogens is 3. The van der Waals surface area contributed by atoms with Crippen LogP contribution in [0.15, 0.2) is 249 Å². The molecule has 9 heteroatoms. The molecule has 0 saturated heterocycles. The molecule has 3 heterocycles. The second-order valence-corrected chi connectivity index (χ2v) is 17.9. The van der Waals surface area contributed by atoms with Crippen LogP contribution in [0, 0.1) is 22.7 Å². The van der Waals surface area contributed by atoms with Crippen LogP contribution in [0.4, 0.5) is 68.2 Å². The molecule has 2 aliphatic rings. The molecule has 0 radical (unpaired) electrons. The molecule has 0 amide bonds. The molecule has 1 aromatic heterocycles. The Morgan fingerprint density at radius 2 is 0.689 bits per heavy atom. The van der Waals surface area contributed by atoms with E-state index in [0.29, 0.717) is 34.2 Å². The van der Waals surface area contributed by atoms with Crippen molar-refractivity contribution in [3.05, 3.63) is 260 Å². The lowest BCUT2D eigenvalue weighted by Gasteiger charge is -2.41. The maximum Gasteiger partial charge on any atom is 0.166 e. The zero-order valence-electron chi connectivity index (χ0n) is 39.7. The summed E-state index contributed by atoms with van der Waals surface area (Å²) >= 11 is 0. The number of anilines is 12. The Kier molecular flexibility index (Phi) is 10.7. The zero-order valence-corrected chi connectivity index (χ0v) is 39.7. The molecular formula is C65H41N9. The van der Waals surface area contributed by atoms with Crippen LogP contribution in [0.1, 0.15) is 11.1 Å². The summed E-state index contributed by atoms with van der Waals surface area (Å²) in [5, 5.41) is 21.0. The van der Waals surface area contributed by atoms with Crippen LogP contribution >= 0.6 is 0 Å². The van der Waals surface area contributed by atoms with Gasteiger partial charge in [-0.05, 0) is 120 Å². The first-order valence-corrected chi connectivity index (χ1v) is 24.3. The summed E-state index contributed by atoms with van der Waals surface area (Å²) in [6.45, 7) is 0. The Morgan fingerprint density at radius 1 is 0.270 bits per heavy atom. The van der Waals surface area contributed by atoms with Crippen molar-refractivity contribution in [1.82, 2.24) is 15.0 Å². The maximum atomic E-state index is 10.6. The molecule has 0 spiro atoms. The number of rotatable bonds is 8. The highest BCUT2D eigenvalue weighted by Crippen LogP contribution is 2.57. The maximum absolute atomic E-state index is 10.6. The van der Waals surface area contributed by atoms with Gasteiger partial charge >= 0.3 is 0 Å². The molecule has 13 rings (SSSR count). The average molecular weight is 948 g/mol. The molecule has 0 N–H and O–H groups in total. The lowest BCUT2D eigenvalue weighted by Crippen LogP contribution is -2.24. The first kappa shape index (κ1) is 43.4. The summed E-state index contributed by atoms with van der Waals surface area (Å²) < 4.78 is 0. The molecule has 0 unspecified atom stereocenters. The van der Waals surface area contributed by atoms with Gasteiger partial charge in [-0.15, -0.1) is 0 Å². The van der Waals surface area contributed by atoms with E-state index in [2.05, 4.69) is 189 Å². The molecule has 0 atom stereocenters. The number of nitriles is 2. The van der Waals surface area contributed by atoms with E-state index in [1.807, 2.05) is 91.0 Å². The van der Waals surface area contributed by atoms with E-state index in [1.54, 1.807) is 0 Å². The van der Waals surface area contributed by atoms with E-state index in [0.717, 1.165) is 90.5 Å². The van der Waals surface area contributed by atoms with Crippen LogP contribution in [-0.4, -0.2) is 15.0 Å². The molecule has 0 aliphatic carbocycles. The van der Waals surface area contributed by atoms with Crippen molar-refractivity contribution in [1.29, 1.82) is 10.5 Å².